The largest absolute Gasteiger partial charge is 0.468 e. The zero-order valence-electron chi connectivity index (χ0n) is 14.6. The zero-order valence-corrected chi connectivity index (χ0v) is 14.6. The molecule has 0 spiro atoms. The Morgan fingerprint density at radius 3 is 2.43 bits per heavy atom. The molecule has 0 bridgehead atoms. The van der Waals surface area contributed by atoms with Crippen LogP contribution in [0.15, 0.2) is 0 Å². The molecule has 1 rings (SSSR count). The first-order valence-electron chi connectivity index (χ1n) is 8.42. The van der Waals surface area contributed by atoms with Gasteiger partial charge in [0.1, 0.15) is 5.54 Å². The normalized spacial score (nSPS) is 20.5. The molecule has 0 saturated carbocycles. The van der Waals surface area contributed by atoms with E-state index in [2.05, 4.69) is 24.1 Å². The summed E-state index contributed by atoms with van der Waals surface area (Å²) in [5.41, 5.74) is -0.542. The van der Waals surface area contributed by atoms with E-state index in [0.717, 1.165) is 37.6 Å². The van der Waals surface area contributed by atoms with Crippen molar-refractivity contribution < 1.29 is 9.53 Å². The van der Waals surface area contributed by atoms with Crippen molar-refractivity contribution in [1.82, 2.24) is 10.2 Å². The molecule has 4 nitrogen and oxygen atoms in total. The lowest BCUT2D eigenvalue weighted by Gasteiger charge is -2.34. The molecule has 1 atom stereocenters. The first-order chi connectivity index (χ1) is 9.92. The number of ether oxygens (including phenoxy) is 1. The molecule has 0 aromatic heterocycles. The predicted molar refractivity (Wildman–Crippen MR) is 87.3 cm³/mol. The van der Waals surface area contributed by atoms with E-state index < -0.39 is 5.54 Å². The molecule has 1 fully saturated rings. The number of unbranched alkanes of at least 4 members (excludes halogenated alkanes) is 1. The molecule has 1 saturated heterocycles. The fourth-order valence-electron chi connectivity index (χ4n) is 3.21. The Morgan fingerprint density at radius 1 is 1.33 bits per heavy atom. The summed E-state index contributed by atoms with van der Waals surface area (Å²) in [5, 5.41) is 3.10. The molecule has 1 aliphatic rings. The third-order valence-corrected chi connectivity index (χ3v) is 5.16. The van der Waals surface area contributed by atoms with E-state index in [1.807, 2.05) is 14.0 Å². The summed E-state index contributed by atoms with van der Waals surface area (Å²) in [6, 6.07) is 0. The minimum absolute atomic E-state index is 0.164. The highest BCUT2D eigenvalue weighted by Gasteiger charge is 2.31. The van der Waals surface area contributed by atoms with E-state index in [1.165, 1.54) is 33.0 Å². The van der Waals surface area contributed by atoms with E-state index >= 15 is 0 Å². The minimum Gasteiger partial charge on any atom is -0.468 e. The van der Waals surface area contributed by atoms with Crippen molar-refractivity contribution in [2.24, 2.45) is 11.8 Å². The van der Waals surface area contributed by atoms with Crippen molar-refractivity contribution in [1.29, 1.82) is 0 Å². The summed E-state index contributed by atoms with van der Waals surface area (Å²) in [4.78, 5) is 14.3. The molecular formula is C17H34N2O2. The number of nitrogens with one attached hydrogen (secondary N) is 1. The van der Waals surface area contributed by atoms with Gasteiger partial charge in [0, 0.05) is 0 Å². The molecule has 21 heavy (non-hydrogen) atoms. The van der Waals surface area contributed by atoms with Crippen molar-refractivity contribution in [3.63, 3.8) is 0 Å². The van der Waals surface area contributed by atoms with Gasteiger partial charge in [-0.2, -0.15) is 0 Å². The van der Waals surface area contributed by atoms with Gasteiger partial charge in [-0.15, -0.1) is 0 Å². The van der Waals surface area contributed by atoms with E-state index in [1.54, 1.807) is 0 Å². The quantitative estimate of drug-likeness (QED) is 0.552. The number of carbonyl (C=O) groups excluding carboxylic acids is 1. The molecule has 1 unspecified atom stereocenters. The lowest BCUT2D eigenvalue weighted by atomic mass is 9.86. The number of likely N-dealkylation sites (N-methyl/N-ethyl adjacent to an activating group) is 1. The summed E-state index contributed by atoms with van der Waals surface area (Å²) in [7, 11) is 3.28. The number of nitrogens with zero attached hydrogens (tertiary/aromatic N) is 1. The maximum atomic E-state index is 11.8. The Morgan fingerprint density at radius 2 is 1.95 bits per heavy atom. The van der Waals surface area contributed by atoms with Crippen LogP contribution in [-0.2, 0) is 9.53 Å². The molecule has 0 aromatic rings. The van der Waals surface area contributed by atoms with Crippen LogP contribution in [0, 0.1) is 11.8 Å². The topological polar surface area (TPSA) is 41.6 Å². The van der Waals surface area contributed by atoms with E-state index in [4.69, 9.17) is 4.74 Å². The maximum Gasteiger partial charge on any atom is 0.325 e. The fourth-order valence-corrected chi connectivity index (χ4v) is 3.21. The number of hydrogen-bond acceptors (Lipinski definition) is 4. The van der Waals surface area contributed by atoms with E-state index in [9.17, 15) is 4.79 Å². The third kappa shape index (κ3) is 5.59. The number of hydrogen-bond donors (Lipinski definition) is 1. The van der Waals surface area contributed by atoms with Gasteiger partial charge in [-0.25, -0.2) is 0 Å². The molecule has 1 heterocycles. The fraction of sp³-hybridized carbons (Fsp3) is 0.941. The van der Waals surface area contributed by atoms with Crippen molar-refractivity contribution in [2.45, 2.75) is 58.4 Å². The van der Waals surface area contributed by atoms with Crippen LogP contribution < -0.4 is 5.32 Å². The Hall–Kier alpha value is -0.610. The SMILES string of the molecule is CNC(C)(CCCCN1CCC(C(C)C)CC1)C(=O)OC. The Balaban J connectivity index is 2.21. The van der Waals surface area contributed by atoms with Crippen molar-refractivity contribution in [2.75, 3.05) is 33.8 Å². The Bertz CT molecular complexity index is 312. The maximum absolute atomic E-state index is 11.8. The van der Waals surface area contributed by atoms with Gasteiger partial charge in [0.05, 0.1) is 7.11 Å². The van der Waals surface area contributed by atoms with Gasteiger partial charge in [0.15, 0.2) is 0 Å². The average molecular weight is 298 g/mol. The number of piperidine rings is 1. The lowest BCUT2D eigenvalue weighted by Crippen LogP contribution is -2.48. The molecule has 0 amide bonds. The van der Waals surface area contributed by atoms with Crippen LogP contribution in [0.3, 0.4) is 0 Å². The highest BCUT2D eigenvalue weighted by atomic mass is 16.5. The second kappa shape index (κ2) is 8.74. The number of carbonyl (C=O) groups is 1. The summed E-state index contributed by atoms with van der Waals surface area (Å²) in [6.07, 6.45) is 5.72. The van der Waals surface area contributed by atoms with Gasteiger partial charge in [-0.3, -0.25) is 4.79 Å². The highest BCUT2D eigenvalue weighted by molar-refractivity contribution is 5.80. The van der Waals surface area contributed by atoms with Gasteiger partial charge in [0.2, 0.25) is 0 Å². The Kier molecular flexibility index (Phi) is 7.67. The average Bonchev–Trinajstić information content (AvgIpc) is 2.50. The first-order valence-corrected chi connectivity index (χ1v) is 8.42. The molecule has 124 valence electrons. The Labute approximate surface area is 130 Å². The number of likely N-dealkylation sites (tertiary alicyclic amines) is 1. The summed E-state index contributed by atoms with van der Waals surface area (Å²) in [6.45, 7) is 10.2. The summed E-state index contributed by atoms with van der Waals surface area (Å²) in [5.74, 6) is 1.57. The monoisotopic (exact) mass is 298 g/mol. The zero-order chi connectivity index (χ0) is 15.9. The summed E-state index contributed by atoms with van der Waals surface area (Å²) < 4.78 is 4.88. The van der Waals surface area contributed by atoms with Crippen LogP contribution in [0.5, 0.6) is 0 Å². The number of rotatable bonds is 8. The lowest BCUT2D eigenvalue weighted by molar-refractivity contribution is -0.148. The van der Waals surface area contributed by atoms with Crippen LogP contribution in [0.1, 0.15) is 52.9 Å². The van der Waals surface area contributed by atoms with Gasteiger partial charge >= 0.3 is 5.97 Å². The molecule has 4 heteroatoms. The van der Waals surface area contributed by atoms with Crippen LogP contribution in [0.2, 0.25) is 0 Å². The summed E-state index contributed by atoms with van der Waals surface area (Å²) >= 11 is 0. The first kappa shape index (κ1) is 18.4. The second-order valence-electron chi connectivity index (χ2n) is 6.95. The second-order valence-corrected chi connectivity index (χ2v) is 6.95. The van der Waals surface area contributed by atoms with Crippen LogP contribution >= 0.6 is 0 Å². The smallest absolute Gasteiger partial charge is 0.325 e. The predicted octanol–water partition coefficient (Wildman–Crippen LogP) is 2.68. The van der Waals surface area contributed by atoms with Crippen molar-refractivity contribution in [3.8, 4) is 0 Å². The minimum atomic E-state index is -0.542. The van der Waals surface area contributed by atoms with Crippen LogP contribution in [-0.4, -0.2) is 50.2 Å². The molecule has 0 aromatic carbocycles. The number of methoxy groups -OCH3 is 1. The molecule has 1 N–H and O–H groups in total. The highest BCUT2D eigenvalue weighted by Crippen LogP contribution is 2.24. The van der Waals surface area contributed by atoms with E-state index in [-0.39, 0.29) is 5.97 Å². The molecule has 0 aliphatic carbocycles. The van der Waals surface area contributed by atoms with Crippen molar-refractivity contribution in [3.05, 3.63) is 0 Å². The van der Waals surface area contributed by atoms with Crippen LogP contribution in [0.4, 0.5) is 0 Å². The van der Waals surface area contributed by atoms with E-state index in [0.29, 0.717) is 0 Å². The molecule has 0 radical (unpaired) electrons. The van der Waals surface area contributed by atoms with Crippen LogP contribution in [0.25, 0.3) is 0 Å². The van der Waals surface area contributed by atoms with Gasteiger partial charge < -0.3 is 15.0 Å². The van der Waals surface area contributed by atoms with Gasteiger partial charge in [0.25, 0.3) is 0 Å². The standard InChI is InChI=1S/C17H34N2O2/c1-14(2)15-8-12-19(13-9-15)11-7-6-10-17(3,18-4)16(20)21-5/h14-15,18H,6-13H2,1-5H3. The van der Waals surface area contributed by atoms with Crippen molar-refractivity contribution >= 4 is 5.97 Å². The molecular weight excluding hydrogens is 264 g/mol. The van der Waals surface area contributed by atoms with Gasteiger partial charge in [-0.1, -0.05) is 13.8 Å². The molecule has 1 aliphatic heterocycles. The van der Waals surface area contributed by atoms with Gasteiger partial charge in [-0.05, 0) is 77.5 Å². The third-order valence-electron chi connectivity index (χ3n) is 5.16. The number of esters is 1.